The Balaban J connectivity index is 2.49. The van der Waals surface area contributed by atoms with Crippen LogP contribution < -0.4 is 5.32 Å². The van der Waals surface area contributed by atoms with Crippen molar-refractivity contribution >= 4 is 5.78 Å². The number of rotatable bonds is 2. The summed E-state index contributed by atoms with van der Waals surface area (Å²) in [4.78, 5) is 11.4. The Bertz CT molecular complexity index is 282. The van der Waals surface area contributed by atoms with E-state index in [4.69, 9.17) is 0 Å². The topological polar surface area (TPSA) is 29.1 Å². The van der Waals surface area contributed by atoms with Crippen LogP contribution in [-0.4, -0.2) is 19.4 Å². The third-order valence-corrected chi connectivity index (χ3v) is 2.48. The molecule has 1 aliphatic carbocycles. The summed E-state index contributed by atoms with van der Waals surface area (Å²) in [6, 6.07) is 0. The molecule has 0 amide bonds. The highest BCUT2D eigenvalue weighted by Crippen LogP contribution is 2.20. The van der Waals surface area contributed by atoms with Crippen LogP contribution in [0.1, 0.15) is 19.8 Å². The predicted molar refractivity (Wildman–Crippen MR) is 57.7 cm³/mol. The summed E-state index contributed by atoms with van der Waals surface area (Å²) in [6.07, 6.45) is 5.41. The largest absolute Gasteiger partial charge is 0.319 e. The first kappa shape index (κ1) is 11.0. The van der Waals surface area contributed by atoms with Gasteiger partial charge in [-0.2, -0.15) is 0 Å². The van der Waals surface area contributed by atoms with Gasteiger partial charge in [0.1, 0.15) is 5.78 Å². The van der Waals surface area contributed by atoms with Crippen molar-refractivity contribution in [1.29, 1.82) is 0 Å². The second-order valence-electron chi connectivity index (χ2n) is 3.59. The van der Waals surface area contributed by atoms with Crippen molar-refractivity contribution in [2.24, 2.45) is 11.8 Å². The lowest BCUT2D eigenvalue weighted by atomic mass is 9.85. The Morgan fingerprint density at radius 1 is 1.64 bits per heavy atom. The fraction of sp³-hybridized carbons (Fsp3) is 0.583. The van der Waals surface area contributed by atoms with E-state index < -0.39 is 0 Å². The van der Waals surface area contributed by atoms with Crippen LogP contribution in [0.15, 0.2) is 12.2 Å². The summed E-state index contributed by atoms with van der Waals surface area (Å²) in [5.41, 5.74) is 0. The molecule has 0 aromatic heterocycles. The molecule has 0 aromatic carbocycles. The summed E-state index contributed by atoms with van der Waals surface area (Å²) in [5.74, 6) is 6.74. The number of carbonyl (C=O) groups excluding carboxylic acids is 1. The van der Waals surface area contributed by atoms with Gasteiger partial charge in [-0.25, -0.2) is 0 Å². The Kier molecular flexibility index (Phi) is 4.42. The maximum absolute atomic E-state index is 11.4. The third-order valence-electron chi connectivity index (χ3n) is 2.48. The number of allylic oxidation sites excluding steroid dienone is 2. The first-order valence-corrected chi connectivity index (χ1v) is 5.08. The average Bonchev–Trinajstić information content (AvgIpc) is 2.19. The van der Waals surface area contributed by atoms with Crippen LogP contribution in [0, 0.1) is 23.7 Å². The predicted octanol–water partition coefficient (Wildman–Crippen LogP) is 1.38. The maximum Gasteiger partial charge on any atom is 0.140 e. The Labute approximate surface area is 85.8 Å². The number of nitrogens with one attached hydrogen (secondary N) is 1. The maximum atomic E-state index is 11.4. The van der Waals surface area contributed by atoms with Gasteiger partial charge in [-0.3, -0.25) is 4.79 Å². The first-order chi connectivity index (χ1) is 6.75. The average molecular weight is 191 g/mol. The number of carbonyl (C=O) groups is 1. The lowest BCUT2D eigenvalue weighted by molar-refractivity contribution is -0.122. The quantitative estimate of drug-likeness (QED) is 0.406. The molecule has 0 bridgehead atoms. The van der Waals surface area contributed by atoms with E-state index in [-0.39, 0.29) is 11.8 Å². The Hall–Kier alpha value is -1.07. The Morgan fingerprint density at radius 3 is 3.14 bits per heavy atom. The number of hydrogen-bond acceptors (Lipinski definition) is 2. The molecule has 1 aliphatic rings. The minimum Gasteiger partial charge on any atom is -0.319 e. The van der Waals surface area contributed by atoms with Gasteiger partial charge in [0.2, 0.25) is 0 Å². The van der Waals surface area contributed by atoms with E-state index in [0.717, 1.165) is 13.0 Å². The van der Waals surface area contributed by atoms with Gasteiger partial charge in [0.25, 0.3) is 0 Å². The smallest absolute Gasteiger partial charge is 0.140 e. The minimum atomic E-state index is 0.0714. The molecule has 2 heteroatoms. The Morgan fingerprint density at radius 2 is 2.43 bits per heavy atom. The summed E-state index contributed by atoms with van der Waals surface area (Å²) in [7, 11) is 1.91. The highest BCUT2D eigenvalue weighted by Gasteiger charge is 2.22. The van der Waals surface area contributed by atoms with Crippen molar-refractivity contribution in [1.82, 2.24) is 5.32 Å². The van der Waals surface area contributed by atoms with Crippen molar-refractivity contribution < 1.29 is 4.79 Å². The van der Waals surface area contributed by atoms with Gasteiger partial charge in [-0.05, 0) is 7.05 Å². The zero-order valence-electron chi connectivity index (χ0n) is 8.84. The first-order valence-electron chi connectivity index (χ1n) is 5.08. The van der Waals surface area contributed by atoms with E-state index in [9.17, 15) is 4.79 Å². The monoisotopic (exact) mass is 191 g/mol. The molecule has 0 heterocycles. The highest BCUT2D eigenvalue weighted by atomic mass is 16.1. The molecule has 0 aliphatic heterocycles. The van der Waals surface area contributed by atoms with Gasteiger partial charge in [-0.15, -0.1) is 5.92 Å². The molecule has 2 unspecified atom stereocenters. The van der Waals surface area contributed by atoms with Gasteiger partial charge in [-0.1, -0.05) is 25.0 Å². The third kappa shape index (κ3) is 3.01. The van der Waals surface area contributed by atoms with E-state index in [2.05, 4.69) is 23.2 Å². The lowest BCUT2D eigenvalue weighted by Crippen LogP contribution is -2.21. The van der Waals surface area contributed by atoms with E-state index >= 15 is 0 Å². The summed E-state index contributed by atoms with van der Waals surface area (Å²) in [6.45, 7) is 2.87. The van der Waals surface area contributed by atoms with Crippen LogP contribution in [0.2, 0.25) is 0 Å². The molecule has 2 nitrogen and oxygen atoms in total. The molecule has 0 spiro atoms. The number of Topliss-reactive ketones (excluding diaryl/α,β-unsaturated/α-hetero) is 1. The highest BCUT2D eigenvalue weighted by molar-refractivity contribution is 5.84. The molecule has 0 fully saturated rings. The van der Waals surface area contributed by atoms with Gasteiger partial charge in [0.05, 0.1) is 0 Å². The van der Waals surface area contributed by atoms with E-state index in [0.29, 0.717) is 12.2 Å². The zero-order valence-corrected chi connectivity index (χ0v) is 8.84. The normalized spacial score (nSPS) is 25.7. The van der Waals surface area contributed by atoms with Crippen LogP contribution in [0.4, 0.5) is 0 Å². The number of ketones is 1. The second-order valence-corrected chi connectivity index (χ2v) is 3.59. The molecule has 14 heavy (non-hydrogen) atoms. The van der Waals surface area contributed by atoms with Crippen LogP contribution in [0.25, 0.3) is 0 Å². The fourth-order valence-corrected chi connectivity index (χ4v) is 1.43. The standard InChI is InChI=1S/C12H17NO/c1-10-11(6-3-4-9-13-2)7-5-8-12(10)14/h5,7,10-11,13H,4,8-9H2,1-2H3. The van der Waals surface area contributed by atoms with Crippen LogP contribution in [0.3, 0.4) is 0 Å². The van der Waals surface area contributed by atoms with Gasteiger partial charge in [0, 0.05) is 31.2 Å². The van der Waals surface area contributed by atoms with E-state index in [1.165, 1.54) is 0 Å². The summed E-state index contributed by atoms with van der Waals surface area (Å²) in [5, 5.41) is 3.04. The molecular formula is C12H17NO. The summed E-state index contributed by atoms with van der Waals surface area (Å²) >= 11 is 0. The number of hydrogen-bond donors (Lipinski definition) is 1. The SMILES string of the molecule is CNCCC#CC1C=CCC(=O)C1C. The van der Waals surface area contributed by atoms with Crippen LogP contribution in [0.5, 0.6) is 0 Å². The molecule has 1 rings (SSSR count). The molecule has 0 saturated heterocycles. The van der Waals surface area contributed by atoms with Crippen molar-refractivity contribution in [2.75, 3.05) is 13.6 Å². The lowest BCUT2D eigenvalue weighted by Gasteiger charge is -2.17. The molecule has 0 saturated carbocycles. The van der Waals surface area contributed by atoms with E-state index in [1.807, 2.05) is 20.0 Å². The molecular weight excluding hydrogens is 174 g/mol. The second kappa shape index (κ2) is 5.62. The van der Waals surface area contributed by atoms with E-state index in [1.54, 1.807) is 0 Å². The van der Waals surface area contributed by atoms with Crippen LogP contribution >= 0.6 is 0 Å². The molecule has 2 atom stereocenters. The molecule has 0 radical (unpaired) electrons. The van der Waals surface area contributed by atoms with Gasteiger partial charge in [0.15, 0.2) is 0 Å². The zero-order chi connectivity index (χ0) is 10.4. The van der Waals surface area contributed by atoms with Crippen molar-refractivity contribution in [2.45, 2.75) is 19.8 Å². The fourth-order valence-electron chi connectivity index (χ4n) is 1.43. The van der Waals surface area contributed by atoms with Crippen molar-refractivity contribution in [3.8, 4) is 11.8 Å². The van der Waals surface area contributed by atoms with Gasteiger partial charge >= 0.3 is 0 Å². The minimum absolute atomic E-state index is 0.0714. The van der Waals surface area contributed by atoms with Crippen molar-refractivity contribution in [3.63, 3.8) is 0 Å². The van der Waals surface area contributed by atoms with Gasteiger partial charge < -0.3 is 5.32 Å². The van der Waals surface area contributed by atoms with Crippen molar-refractivity contribution in [3.05, 3.63) is 12.2 Å². The molecule has 1 N–H and O–H groups in total. The summed E-state index contributed by atoms with van der Waals surface area (Å²) < 4.78 is 0. The van der Waals surface area contributed by atoms with Crippen LogP contribution in [-0.2, 0) is 4.79 Å². The molecule has 76 valence electrons. The molecule has 0 aromatic rings.